The van der Waals surface area contributed by atoms with E-state index in [1.807, 2.05) is 32.0 Å². The number of nitrogens with zero attached hydrogens (tertiary/aromatic N) is 1. The number of hydrogen-bond donors (Lipinski definition) is 3. The third kappa shape index (κ3) is 7.80. The van der Waals surface area contributed by atoms with Crippen molar-refractivity contribution in [1.82, 2.24) is 10.7 Å². The highest BCUT2D eigenvalue weighted by atomic mass is 35.5. The van der Waals surface area contributed by atoms with Crippen LogP contribution in [0.4, 0.5) is 5.69 Å². The van der Waals surface area contributed by atoms with Gasteiger partial charge in [0.2, 0.25) is 0 Å². The van der Waals surface area contributed by atoms with Gasteiger partial charge in [0, 0.05) is 11.7 Å². The zero-order chi connectivity index (χ0) is 24.5. The lowest BCUT2D eigenvalue weighted by atomic mass is 10.1. The second-order valence-electron chi connectivity index (χ2n) is 7.52. The van der Waals surface area contributed by atoms with Crippen LogP contribution in [0.15, 0.2) is 35.4 Å². The molecule has 3 N–H and O–H groups in total. The minimum Gasteiger partial charge on any atom is -0.493 e. The van der Waals surface area contributed by atoms with Crippen molar-refractivity contribution in [3.63, 3.8) is 0 Å². The van der Waals surface area contributed by atoms with Gasteiger partial charge >= 0.3 is 11.8 Å². The Bertz CT molecular complexity index is 1070. The predicted molar refractivity (Wildman–Crippen MR) is 127 cm³/mol. The van der Waals surface area contributed by atoms with Crippen molar-refractivity contribution in [1.29, 1.82) is 0 Å². The van der Waals surface area contributed by atoms with Gasteiger partial charge in [-0.05, 0) is 57.0 Å². The van der Waals surface area contributed by atoms with Crippen LogP contribution in [0, 0.1) is 13.8 Å². The Labute approximate surface area is 197 Å². The molecule has 0 saturated carbocycles. The smallest absolute Gasteiger partial charge is 0.329 e. The molecule has 0 aliphatic heterocycles. The second kappa shape index (κ2) is 11.9. The number of carbonyl (C=O) groups excluding carboxylic acids is 3. The highest BCUT2D eigenvalue weighted by Gasteiger charge is 2.15. The van der Waals surface area contributed by atoms with Gasteiger partial charge in [-0.2, -0.15) is 5.10 Å². The molecular weight excluding hydrogens is 448 g/mol. The lowest BCUT2D eigenvalue weighted by molar-refractivity contribution is -0.139. The topological polar surface area (TPSA) is 118 Å². The van der Waals surface area contributed by atoms with E-state index in [0.717, 1.165) is 11.1 Å². The van der Waals surface area contributed by atoms with Crippen LogP contribution in [-0.2, 0) is 14.4 Å². The van der Waals surface area contributed by atoms with Crippen LogP contribution in [-0.4, -0.2) is 43.7 Å². The van der Waals surface area contributed by atoms with Crippen molar-refractivity contribution in [3.05, 3.63) is 52.0 Å². The van der Waals surface area contributed by atoms with Crippen LogP contribution in [0.25, 0.3) is 0 Å². The fourth-order valence-corrected chi connectivity index (χ4v) is 3.05. The van der Waals surface area contributed by atoms with E-state index in [0.29, 0.717) is 11.3 Å². The van der Waals surface area contributed by atoms with Gasteiger partial charge in [-0.25, -0.2) is 5.43 Å². The van der Waals surface area contributed by atoms with Crippen molar-refractivity contribution in [2.24, 2.45) is 5.10 Å². The fourth-order valence-electron chi connectivity index (χ4n) is 2.78. The van der Waals surface area contributed by atoms with Crippen LogP contribution in [0.1, 0.15) is 30.5 Å². The van der Waals surface area contributed by atoms with Crippen LogP contribution >= 0.6 is 11.6 Å². The number of nitrogens with one attached hydrogen (secondary N) is 3. The van der Waals surface area contributed by atoms with E-state index < -0.39 is 11.8 Å². The molecule has 0 saturated heterocycles. The Hall–Kier alpha value is -3.59. The predicted octanol–water partition coefficient (Wildman–Crippen LogP) is 2.96. The quantitative estimate of drug-likeness (QED) is 0.309. The highest BCUT2D eigenvalue weighted by Crippen LogP contribution is 2.36. The Morgan fingerprint density at radius 1 is 1.12 bits per heavy atom. The average Bonchev–Trinajstić information content (AvgIpc) is 2.74. The van der Waals surface area contributed by atoms with Gasteiger partial charge in [0.25, 0.3) is 5.91 Å². The fraction of sp³-hybridized carbons (Fsp3) is 0.304. The largest absolute Gasteiger partial charge is 0.493 e. The highest BCUT2D eigenvalue weighted by molar-refractivity contribution is 6.35. The summed E-state index contributed by atoms with van der Waals surface area (Å²) in [7, 11) is 1.42. The first-order chi connectivity index (χ1) is 15.6. The summed E-state index contributed by atoms with van der Waals surface area (Å²) in [5.74, 6) is -1.58. The van der Waals surface area contributed by atoms with Crippen LogP contribution in [0.2, 0.25) is 5.02 Å². The second-order valence-corrected chi connectivity index (χ2v) is 7.92. The molecule has 10 heteroatoms. The van der Waals surface area contributed by atoms with Gasteiger partial charge in [-0.15, -0.1) is 0 Å². The maximum Gasteiger partial charge on any atom is 0.329 e. The summed E-state index contributed by atoms with van der Waals surface area (Å²) >= 11 is 6.30. The van der Waals surface area contributed by atoms with E-state index in [4.69, 9.17) is 21.1 Å². The number of hydrazone groups is 1. The normalized spacial score (nSPS) is 10.8. The number of hydrogen-bond acceptors (Lipinski definition) is 6. The Balaban J connectivity index is 2.02. The van der Waals surface area contributed by atoms with Crippen LogP contribution < -0.4 is 25.5 Å². The van der Waals surface area contributed by atoms with E-state index >= 15 is 0 Å². The number of anilines is 1. The first-order valence-electron chi connectivity index (χ1n) is 10.1. The van der Waals surface area contributed by atoms with Gasteiger partial charge in [0.05, 0.1) is 18.3 Å². The molecule has 0 spiro atoms. The number of carbonyl (C=O) groups is 3. The van der Waals surface area contributed by atoms with Crippen LogP contribution in [0.5, 0.6) is 11.5 Å². The molecule has 3 amide bonds. The summed E-state index contributed by atoms with van der Waals surface area (Å²) in [6.45, 7) is 7.07. The number of methoxy groups -OCH3 is 1. The van der Waals surface area contributed by atoms with Gasteiger partial charge in [-0.1, -0.05) is 29.3 Å². The number of amides is 3. The van der Waals surface area contributed by atoms with E-state index in [-0.39, 0.29) is 35.1 Å². The molecule has 2 rings (SSSR count). The molecule has 176 valence electrons. The molecule has 0 unspecified atom stereocenters. The summed E-state index contributed by atoms with van der Waals surface area (Å²) in [6.07, 6.45) is 1.30. The minimum atomic E-state index is -0.896. The van der Waals surface area contributed by atoms with E-state index in [1.54, 1.807) is 19.9 Å². The summed E-state index contributed by atoms with van der Waals surface area (Å²) in [6, 6.07) is 8.61. The molecule has 0 atom stereocenters. The molecule has 0 bridgehead atoms. The van der Waals surface area contributed by atoms with Crippen molar-refractivity contribution in [3.8, 4) is 11.5 Å². The zero-order valence-corrected chi connectivity index (χ0v) is 19.9. The van der Waals surface area contributed by atoms with Gasteiger partial charge in [-0.3, -0.25) is 14.4 Å². The van der Waals surface area contributed by atoms with Gasteiger partial charge < -0.3 is 20.1 Å². The number of rotatable bonds is 8. The van der Waals surface area contributed by atoms with E-state index in [2.05, 4.69) is 21.2 Å². The summed E-state index contributed by atoms with van der Waals surface area (Å²) in [5, 5.41) is 9.17. The van der Waals surface area contributed by atoms with Crippen molar-refractivity contribution >= 4 is 41.2 Å². The van der Waals surface area contributed by atoms with Gasteiger partial charge in [0.15, 0.2) is 18.1 Å². The average molecular weight is 475 g/mol. The number of halogens is 1. The molecule has 0 fully saturated rings. The van der Waals surface area contributed by atoms with Crippen molar-refractivity contribution in [2.75, 3.05) is 19.0 Å². The first-order valence-corrected chi connectivity index (χ1v) is 10.5. The van der Waals surface area contributed by atoms with Gasteiger partial charge in [0.1, 0.15) is 0 Å². The monoisotopic (exact) mass is 474 g/mol. The molecular formula is C23H27ClN4O5. The first kappa shape index (κ1) is 25.7. The molecule has 2 aromatic rings. The minimum absolute atomic E-state index is 0.175. The maximum absolute atomic E-state index is 12.3. The van der Waals surface area contributed by atoms with E-state index in [1.165, 1.54) is 19.4 Å². The third-order valence-corrected chi connectivity index (χ3v) is 4.54. The molecule has 0 aromatic heterocycles. The standard InChI is InChI=1S/C23H27ClN4O5/c1-13(2)26-22(30)23(31)28-25-11-16-9-17(24)21(19(10-16)32-5)33-12-20(29)27-18-7-6-14(3)8-15(18)4/h6-11,13H,12H2,1-5H3,(H,26,30)(H,27,29)(H,28,31)/b25-11-. The lowest BCUT2D eigenvalue weighted by Gasteiger charge is -2.14. The molecule has 0 radical (unpaired) electrons. The molecule has 2 aromatic carbocycles. The number of benzene rings is 2. The molecule has 9 nitrogen and oxygen atoms in total. The van der Waals surface area contributed by atoms with E-state index in [9.17, 15) is 14.4 Å². The number of ether oxygens (including phenoxy) is 2. The molecule has 0 aliphatic rings. The van der Waals surface area contributed by atoms with Crippen molar-refractivity contribution < 1.29 is 23.9 Å². The lowest BCUT2D eigenvalue weighted by Crippen LogP contribution is -2.41. The maximum atomic E-state index is 12.3. The Morgan fingerprint density at radius 2 is 1.85 bits per heavy atom. The van der Waals surface area contributed by atoms with Crippen molar-refractivity contribution in [2.45, 2.75) is 33.7 Å². The summed E-state index contributed by atoms with van der Waals surface area (Å²) < 4.78 is 10.9. The Kier molecular flexibility index (Phi) is 9.23. The Morgan fingerprint density at radius 3 is 2.48 bits per heavy atom. The summed E-state index contributed by atoms with van der Waals surface area (Å²) in [5.41, 5.74) is 5.35. The number of aryl methyl sites for hydroxylation is 2. The summed E-state index contributed by atoms with van der Waals surface area (Å²) in [4.78, 5) is 35.6. The SMILES string of the molecule is COc1cc(/C=N\NC(=O)C(=O)NC(C)C)cc(Cl)c1OCC(=O)Nc1ccc(C)cc1C. The third-order valence-electron chi connectivity index (χ3n) is 4.26. The zero-order valence-electron chi connectivity index (χ0n) is 19.1. The van der Waals surface area contributed by atoms with Crippen LogP contribution in [0.3, 0.4) is 0 Å². The molecule has 0 aliphatic carbocycles. The molecule has 0 heterocycles. The molecule has 33 heavy (non-hydrogen) atoms.